The molecule has 1 rings (SSSR count). The number of ketones is 1. The molecule has 0 aliphatic carbocycles. The van der Waals surface area contributed by atoms with Crippen molar-refractivity contribution in [3.8, 4) is 0 Å². The SMILES string of the molecule is CCC(C)C(OC(=O)C(C)OC(=O)C(NC(=O)OCc1ccccc1)C(C)OC(=O)C(CC(C)C)O[SiH](C)C(C)(C)C)C(=O)NC(CC(C)C)C(=O)CC(=O)OC. The van der Waals surface area contributed by atoms with Gasteiger partial charge in [-0.1, -0.05) is 92.6 Å². The Balaban J connectivity index is 3.29. The number of amides is 2. The number of nitrogens with one attached hydrogen (secondary N) is 2. The number of ether oxygens (including phenoxy) is 5. The number of hydrogen-bond acceptors (Lipinski definition) is 13. The zero-order chi connectivity index (χ0) is 43.6. The summed E-state index contributed by atoms with van der Waals surface area (Å²) in [4.78, 5) is 91.9. The lowest BCUT2D eigenvalue weighted by Gasteiger charge is -2.31. The van der Waals surface area contributed by atoms with Crippen LogP contribution in [0.1, 0.15) is 107 Å². The normalized spacial score (nSPS) is 15.8. The summed E-state index contributed by atoms with van der Waals surface area (Å²) in [6, 6.07) is 6.12. The van der Waals surface area contributed by atoms with Crippen LogP contribution in [0.5, 0.6) is 0 Å². The molecule has 8 atom stereocenters. The zero-order valence-corrected chi connectivity index (χ0v) is 37.2. The monoisotopic (exact) mass is 822 g/mol. The molecule has 16 heteroatoms. The van der Waals surface area contributed by atoms with E-state index in [1.54, 1.807) is 44.2 Å². The molecule has 0 bridgehead atoms. The standard InChI is InChI=1S/C41H66N2O13Si/c1-14-26(6)35(36(46)42-30(20-24(2)3)31(44)22-33(45)51-12)55-37(47)28(8)54-39(49)34(43-40(50)52-23-29-18-16-15-17-19-29)27(7)53-38(48)32(21-25(4)5)56-57(13)41(9,10)11/h15-19,24-28,30,32,34-35,57H,14,20-23H2,1-13H3,(H,42,46)(H,43,50). The minimum absolute atomic E-state index is 0.0395. The van der Waals surface area contributed by atoms with Crippen molar-refractivity contribution in [2.45, 2.75) is 157 Å². The van der Waals surface area contributed by atoms with Crippen LogP contribution in [0.3, 0.4) is 0 Å². The summed E-state index contributed by atoms with van der Waals surface area (Å²) in [7, 11) is -0.753. The van der Waals surface area contributed by atoms with E-state index in [-0.39, 0.29) is 29.9 Å². The second-order valence-corrected chi connectivity index (χ2v) is 19.6. The fourth-order valence-corrected chi connectivity index (χ4v) is 6.29. The van der Waals surface area contributed by atoms with Crippen LogP contribution in [0, 0.1) is 17.8 Å². The van der Waals surface area contributed by atoms with Crippen molar-refractivity contribution in [2.75, 3.05) is 7.11 Å². The van der Waals surface area contributed by atoms with Crippen molar-refractivity contribution in [1.29, 1.82) is 0 Å². The second-order valence-electron chi connectivity index (χ2n) is 16.3. The molecule has 1 aromatic carbocycles. The molecule has 0 spiro atoms. The van der Waals surface area contributed by atoms with Crippen LogP contribution in [0.25, 0.3) is 0 Å². The van der Waals surface area contributed by atoms with E-state index < -0.39 is 99.5 Å². The quantitative estimate of drug-likeness (QED) is 0.0621. The molecule has 0 saturated heterocycles. The van der Waals surface area contributed by atoms with E-state index in [0.717, 1.165) is 7.11 Å². The Morgan fingerprint density at radius 1 is 0.772 bits per heavy atom. The van der Waals surface area contributed by atoms with Gasteiger partial charge < -0.3 is 38.7 Å². The maximum atomic E-state index is 13.7. The van der Waals surface area contributed by atoms with Gasteiger partial charge in [-0.25, -0.2) is 19.2 Å². The summed E-state index contributed by atoms with van der Waals surface area (Å²) in [6.45, 7) is 21.6. The van der Waals surface area contributed by atoms with Crippen molar-refractivity contribution in [3.63, 3.8) is 0 Å². The van der Waals surface area contributed by atoms with Gasteiger partial charge in [-0.05, 0) is 62.1 Å². The van der Waals surface area contributed by atoms with Crippen LogP contribution in [0.2, 0.25) is 11.6 Å². The highest BCUT2D eigenvalue weighted by Crippen LogP contribution is 2.29. The lowest BCUT2D eigenvalue weighted by atomic mass is 9.96. The molecule has 15 nitrogen and oxygen atoms in total. The Hall–Kier alpha value is -4.31. The fraction of sp³-hybridized carbons (Fsp3) is 0.683. The molecule has 322 valence electrons. The second kappa shape index (κ2) is 24.5. The first kappa shape index (κ1) is 50.7. The van der Waals surface area contributed by atoms with E-state index in [9.17, 15) is 33.6 Å². The van der Waals surface area contributed by atoms with Gasteiger partial charge in [0.2, 0.25) is 0 Å². The van der Waals surface area contributed by atoms with Crippen LogP contribution in [0.4, 0.5) is 4.79 Å². The third-order valence-corrected chi connectivity index (χ3v) is 12.5. The van der Waals surface area contributed by atoms with Crippen LogP contribution >= 0.6 is 0 Å². The molecule has 57 heavy (non-hydrogen) atoms. The number of esters is 4. The molecule has 0 aliphatic rings. The Bertz CT molecular complexity index is 1480. The summed E-state index contributed by atoms with van der Waals surface area (Å²) in [5.74, 6) is -5.57. The number of Topliss-reactive ketones (excluding diaryl/α,β-unsaturated/α-hetero) is 1. The van der Waals surface area contributed by atoms with E-state index in [1.807, 2.05) is 55.0 Å². The average molecular weight is 823 g/mol. The van der Waals surface area contributed by atoms with Gasteiger partial charge in [-0.2, -0.15) is 0 Å². The zero-order valence-electron chi connectivity index (χ0n) is 36.0. The lowest BCUT2D eigenvalue weighted by molar-refractivity contribution is -0.178. The Morgan fingerprint density at radius 2 is 1.37 bits per heavy atom. The predicted molar refractivity (Wildman–Crippen MR) is 214 cm³/mol. The van der Waals surface area contributed by atoms with Gasteiger partial charge in [0.25, 0.3) is 5.91 Å². The van der Waals surface area contributed by atoms with E-state index in [2.05, 4.69) is 15.4 Å². The van der Waals surface area contributed by atoms with Crippen LogP contribution in [-0.2, 0) is 63.5 Å². The molecule has 8 unspecified atom stereocenters. The minimum atomic E-state index is -1.90. The Kier molecular flexibility index (Phi) is 21.8. The minimum Gasteiger partial charge on any atom is -0.469 e. The molecule has 0 heterocycles. The van der Waals surface area contributed by atoms with Gasteiger partial charge in [0.1, 0.15) is 25.2 Å². The summed E-state index contributed by atoms with van der Waals surface area (Å²) < 4.78 is 33.0. The van der Waals surface area contributed by atoms with E-state index in [1.165, 1.54) is 13.8 Å². The number of carbonyl (C=O) groups is 7. The molecule has 2 amide bonds. The van der Waals surface area contributed by atoms with Gasteiger partial charge in [0, 0.05) is 5.92 Å². The van der Waals surface area contributed by atoms with Crippen molar-refractivity contribution in [1.82, 2.24) is 10.6 Å². The summed E-state index contributed by atoms with van der Waals surface area (Å²) in [5, 5.41) is 4.86. The average Bonchev–Trinajstić information content (AvgIpc) is 3.13. The maximum absolute atomic E-state index is 13.7. The first-order valence-corrected chi connectivity index (χ1v) is 21.8. The number of rotatable bonds is 23. The largest absolute Gasteiger partial charge is 0.469 e. The summed E-state index contributed by atoms with van der Waals surface area (Å²) in [6.07, 6.45) is -5.87. The molecular formula is C41H66N2O13Si. The third-order valence-electron chi connectivity index (χ3n) is 9.29. The van der Waals surface area contributed by atoms with Gasteiger partial charge in [0.15, 0.2) is 33.1 Å². The molecule has 0 aliphatic heterocycles. The third kappa shape index (κ3) is 18.7. The van der Waals surface area contributed by atoms with Gasteiger partial charge in [-0.15, -0.1) is 0 Å². The van der Waals surface area contributed by atoms with Crippen molar-refractivity contribution >= 4 is 50.7 Å². The number of alkyl carbamates (subject to hydrolysis) is 1. The highest BCUT2D eigenvalue weighted by atomic mass is 28.3. The Morgan fingerprint density at radius 3 is 1.89 bits per heavy atom. The number of benzene rings is 1. The van der Waals surface area contributed by atoms with Gasteiger partial charge >= 0.3 is 30.0 Å². The van der Waals surface area contributed by atoms with Crippen LogP contribution in [-0.4, -0.2) is 94.3 Å². The summed E-state index contributed by atoms with van der Waals surface area (Å²) >= 11 is 0. The van der Waals surface area contributed by atoms with Gasteiger partial charge in [0.05, 0.1) is 13.2 Å². The molecule has 0 saturated carbocycles. The predicted octanol–water partition coefficient (Wildman–Crippen LogP) is 5.35. The van der Waals surface area contributed by atoms with Crippen LogP contribution < -0.4 is 10.6 Å². The lowest BCUT2D eigenvalue weighted by Crippen LogP contribution is -2.52. The van der Waals surface area contributed by atoms with E-state index in [0.29, 0.717) is 18.4 Å². The van der Waals surface area contributed by atoms with Crippen LogP contribution in [0.15, 0.2) is 30.3 Å². The molecule has 0 aromatic heterocycles. The molecule has 1 aromatic rings. The van der Waals surface area contributed by atoms with Crippen molar-refractivity contribution in [2.24, 2.45) is 17.8 Å². The number of methoxy groups -OCH3 is 1. The molecule has 0 radical (unpaired) electrons. The van der Waals surface area contributed by atoms with Crippen molar-refractivity contribution < 1.29 is 61.7 Å². The molecule has 2 N–H and O–H groups in total. The first-order valence-electron chi connectivity index (χ1n) is 19.6. The maximum Gasteiger partial charge on any atom is 0.408 e. The van der Waals surface area contributed by atoms with E-state index >= 15 is 0 Å². The highest BCUT2D eigenvalue weighted by molar-refractivity contribution is 6.54. The molecule has 0 fully saturated rings. The number of hydrogen-bond donors (Lipinski definition) is 2. The topological polar surface area (TPSA) is 199 Å². The highest BCUT2D eigenvalue weighted by Gasteiger charge is 2.39. The van der Waals surface area contributed by atoms with Crippen molar-refractivity contribution in [3.05, 3.63) is 35.9 Å². The number of carbonyl (C=O) groups excluding carboxylic acids is 7. The summed E-state index contributed by atoms with van der Waals surface area (Å²) in [5.41, 5.74) is 0.677. The first-order chi connectivity index (χ1) is 26.5. The smallest absolute Gasteiger partial charge is 0.408 e. The van der Waals surface area contributed by atoms with E-state index in [4.69, 9.17) is 23.4 Å². The van der Waals surface area contributed by atoms with Gasteiger partial charge in [-0.3, -0.25) is 14.4 Å². The molecular weight excluding hydrogens is 757 g/mol. The Labute approximate surface area is 339 Å². The fourth-order valence-electron chi connectivity index (χ4n) is 5.17.